The second-order valence-electron chi connectivity index (χ2n) is 7.96. The van der Waals surface area contributed by atoms with Crippen LogP contribution in [-0.4, -0.2) is 46.7 Å². The first-order chi connectivity index (χ1) is 13.2. The Kier molecular flexibility index (Phi) is 5.36. The summed E-state index contributed by atoms with van der Waals surface area (Å²) in [5, 5.41) is 5.62. The summed E-state index contributed by atoms with van der Waals surface area (Å²) < 4.78 is 0. The Morgan fingerprint density at radius 3 is 2.50 bits per heavy atom. The number of amides is 4. The van der Waals surface area contributed by atoms with E-state index in [9.17, 15) is 19.2 Å². The fourth-order valence-corrected chi connectivity index (χ4v) is 3.44. The molecule has 28 heavy (non-hydrogen) atoms. The molecule has 8 heteroatoms. The van der Waals surface area contributed by atoms with Crippen molar-refractivity contribution in [1.82, 2.24) is 15.5 Å². The van der Waals surface area contributed by atoms with Crippen molar-refractivity contribution in [2.75, 3.05) is 6.54 Å². The average Bonchev–Trinajstić information content (AvgIpc) is 2.90. The molecule has 0 spiro atoms. The molecule has 2 atom stereocenters. The van der Waals surface area contributed by atoms with Gasteiger partial charge in [-0.1, -0.05) is 19.9 Å². The third-order valence-corrected chi connectivity index (χ3v) is 5.90. The van der Waals surface area contributed by atoms with E-state index in [0.717, 1.165) is 10.5 Å². The van der Waals surface area contributed by atoms with Crippen molar-refractivity contribution in [3.8, 4) is 0 Å². The van der Waals surface area contributed by atoms with E-state index in [0.29, 0.717) is 19.0 Å². The summed E-state index contributed by atoms with van der Waals surface area (Å²) in [6.45, 7) is 7.19. The molecule has 0 saturated carbocycles. The largest absolute Gasteiger partial charge is 0.329 e. The van der Waals surface area contributed by atoms with Crippen LogP contribution >= 0.6 is 0 Å². The van der Waals surface area contributed by atoms with E-state index in [2.05, 4.69) is 24.5 Å². The van der Waals surface area contributed by atoms with Crippen molar-refractivity contribution >= 4 is 23.6 Å². The number of piperidine rings is 1. The first kappa shape index (κ1) is 20.2. The number of nitrogens with two attached hydrogens (primary N) is 1. The van der Waals surface area contributed by atoms with Gasteiger partial charge < -0.3 is 11.1 Å². The molecule has 4 amide bonds. The number of benzene rings is 1. The number of nitrogens with zero attached hydrogens (tertiary/aromatic N) is 1. The zero-order valence-electron chi connectivity index (χ0n) is 16.4. The minimum absolute atomic E-state index is 0.103. The lowest BCUT2D eigenvalue weighted by Crippen LogP contribution is -2.54. The number of fused-ring (bicyclic) bond motifs is 1. The van der Waals surface area contributed by atoms with Crippen LogP contribution in [0.15, 0.2) is 18.2 Å². The fourth-order valence-electron chi connectivity index (χ4n) is 3.44. The van der Waals surface area contributed by atoms with Crippen LogP contribution < -0.4 is 16.4 Å². The smallest absolute Gasteiger partial charge is 0.262 e. The van der Waals surface area contributed by atoms with Gasteiger partial charge in [-0.3, -0.25) is 29.4 Å². The van der Waals surface area contributed by atoms with Crippen molar-refractivity contribution in [3.63, 3.8) is 0 Å². The number of nitrogens with one attached hydrogen (secondary N) is 2. The highest BCUT2D eigenvalue weighted by Gasteiger charge is 2.44. The minimum atomic E-state index is -0.951. The number of hydrogen-bond donors (Lipinski definition) is 3. The fraction of sp³-hybridized carbons (Fsp3) is 0.500. The van der Waals surface area contributed by atoms with Gasteiger partial charge >= 0.3 is 0 Å². The van der Waals surface area contributed by atoms with Gasteiger partial charge in [0.25, 0.3) is 11.8 Å². The van der Waals surface area contributed by atoms with Gasteiger partial charge in [0.05, 0.1) is 11.1 Å². The van der Waals surface area contributed by atoms with Crippen LogP contribution in [0.5, 0.6) is 0 Å². The average molecular weight is 386 g/mol. The Labute approximate surface area is 163 Å². The Bertz CT molecular complexity index is 851. The maximum absolute atomic E-state index is 12.9. The quantitative estimate of drug-likeness (QED) is 0.614. The summed E-state index contributed by atoms with van der Waals surface area (Å²) in [6, 6.07) is 4.15. The van der Waals surface area contributed by atoms with Crippen LogP contribution in [0.25, 0.3) is 0 Å². The molecular weight excluding hydrogens is 360 g/mol. The topological polar surface area (TPSA) is 122 Å². The Balaban J connectivity index is 1.80. The maximum atomic E-state index is 12.9. The van der Waals surface area contributed by atoms with Crippen LogP contribution in [0.1, 0.15) is 59.9 Å². The summed E-state index contributed by atoms with van der Waals surface area (Å²) in [5.41, 5.74) is 7.06. The van der Waals surface area contributed by atoms with Gasteiger partial charge in [0.2, 0.25) is 11.8 Å². The van der Waals surface area contributed by atoms with Crippen molar-refractivity contribution in [2.24, 2.45) is 11.7 Å². The van der Waals surface area contributed by atoms with Crippen LogP contribution in [0, 0.1) is 5.92 Å². The van der Waals surface area contributed by atoms with Crippen LogP contribution in [-0.2, 0) is 16.1 Å². The van der Waals surface area contributed by atoms with Gasteiger partial charge in [0.1, 0.15) is 6.04 Å². The number of carbonyl (C=O) groups is 4. The molecule has 0 radical (unpaired) electrons. The van der Waals surface area contributed by atoms with E-state index in [4.69, 9.17) is 5.73 Å². The Hall–Kier alpha value is -2.58. The zero-order valence-corrected chi connectivity index (χ0v) is 16.4. The lowest BCUT2D eigenvalue weighted by molar-refractivity contribution is -0.136. The highest BCUT2D eigenvalue weighted by Crippen LogP contribution is 2.28. The first-order valence-electron chi connectivity index (χ1n) is 9.47. The Morgan fingerprint density at radius 2 is 1.89 bits per heavy atom. The highest BCUT2D eigenvalue weighted by atomic mass is 16.2. The third kappa shape index (κ3) is 3.45. The molecule has 2 unspecified atom stereocenters. The molecule has 0 aliphatic carbocycles. The number of hydrogen-bond acceptors (Lipinski definition) is 6. The number of imide groups is 2. The molecule has 0 aromatic heterocycles. The molecule has 1 aromatic carbocycles. The van der Waals surface area contributed by atoms with E-state index in [1.807, 2.05) is 6.92 Å². The van der Waals surface area contributed by atoms with E-state index in [-0.39, 0.29) is 35.4 Å². The van der Waals surface area contributed by atoms with Crippen LogP contribution in [0.2, 0.25) is 0 Å². The van der Waals surface area contributed by atoms with Gasteiger partial charge in [-0.15, -0.1) is 0 Å². The van der Waals surface area contributed by atoms with E-state index in [1.165, 1.54) is 0 Å². The molecule has 1 aromatic rings. The summed E-state index contributed by atoms with van der Waals surface area (Å²) >= 11 is 0. The van der Waals surface area contributed by atoms with Crippen molar-refractivity contribution in [1.29, 1.82) is 0 Å². The van der Waals surface area contributed by atoms with E-state index >= 15 is 0 Å². The maximum Gasteiger partial charge on any atom is 0.262 e. The molecular formula is C20H26N4O4. The van der Waals surface area contributed by atoms with Crippen LogP contribution in [0.4, 0.5) is 0 Å². The highest BCUT2D eigenvalue weighted by molar-refractivity contribution is 6.23. The lowest BCUT2D eigenvalue weighted by atomic mass is 9.88. The summed E-state index contributed by atoms with van der Waals surface area (Å²) in [7, 11) is 0. The van der Waals surface area contributed by atoms with Gasteiger partial charge in [-0.25, -0.2) is 0 Å². The molecule has 1 saturated heterocycles. The minimum Gasteiger partial charge on any atom is -0.329 e. The zero-order chi connectivity index (χ0) is 20.6. The van der Waals surface area contributed by atoms with E-state index < -0.39 is 23.8 Å². The normalized spacial score (nSPS) is 21.8. The number of carbonyl (C=O) groups excluding carboxylic acids is 4. The van der Waals surface area contributed by atoms with Crippen molar-refractivity contribution in [2.45, 2.75) is 51.7 Å². The van der Waals surface area contributed by atoms with Gasteiger partial charge in [-0.2, -0.15) is 0 Å². The monoisotopic (exact) mass is 386 g/mol. The molecule has 2 heterocycles. The molecule has 2 aliphatic rings. The first-order valence-corrected chi connectivity index (χ1v) is 9.47. The van der Waals surface area contributed by atoms with E-state index in [1.54, 1.807) is 18.2 Å². The van der Waals surface area contributed by atoms with Crippen molar-refractivity contribution < 1.29 is 19.2 Å². The Morgan fingerprint density at radius 1 is 1.21 bits per heavy atom. The summed E-state index contributed by atoms with van der Waals surface area (Å²) in [4.78, 5) is 50.0. The molecule has 4 N–H and O–H groups in total. The second-order valence-corrected chi connectivity index (χ2v) is 7.96. The van der Waals surface area contributed by atoms with Gasteiger partial charge in [0, 0.05) is 25.0 Å². The van der Waals surface area contributed by atoms with Crippen molar-refractivity contribution in [3.05, 3.63) is 34.9 Å². The molecule has 3 rings (SSSR count). The third-order valence-electron chi connectivity index (χ3n) is 5.90. The molecule has 1 fully saturated rings. The molecule has 8 nitrogen and oxygen atoms in total. The number of rotatable bonds is 6. The lowest BCUT2D eigenvalue weighted by Gasteiger charge is -2.34. The predicted octanol–water partition coefficient (Wildman–Crippen LogP) is 0.551. The SMILES string of the molecule is CC(C)C(C)(CN)NCc1ccc2c(c1)C(=O)N(C1CCC(=O)NC1=O)C2=O. The standard InChI is InChI=1S/C20H26N4O4/c1-11(2)20(3,10-21)22-9-12-4-5-13-14(8-12)19(28)24(18(13)27)15-6-7-16(25)23-17(15)26/h4-5,8,11,15,22H,6-7,9-10,21H2,1-3H3,(H,23,25,26). The molecule has 0 bridgehead atoms. The predicted molar refractivity (Wildman–Crippen MR) is 102 cm³/mol. The van der Waals surface area contributed by atoms with Crippen LogP contribution in [0.3, 0.4) is 0 Å². The second kappa shape index (κ2) is 7.44. The van der Waals surface area contributed by atoms with Gasteiger partial charge in [-0.05, 0) is 37.0 Å². The summed E-state index contributed by atoms with van der Waals surface area (Å²) in [5.74, 6) is -1.68. The van der Waals surface area contributed by atoms with Gasteiger partial charge in [0.15, 0.2) is 0 Å². The summed E-state index contributed by atoms with van der Waals surface area (Å²) in [6.07, 6.45) is 0.250. The molecule has 2 aliphatic heterocycles. The molecule has 150 valence electrons.